The van der Waals surface area contributed by atoms with Crippen molar-refractivity contribution in [3.05, 3.63) is 50.7 Å². The summed E-state index contributed by atoms with van der Waals surface area (Å²) in [5, 5.41) is 3.60. The molecule has 1 heterocycles. The Balaban J connectivity index is 1.77. The quantitative estimate of drug-likeness (QED) is 0.886. The molecule has 1 aliphatic carbocycles. The Morgan fingerprint density at radius 1 is 1.42 bits per heavy atom. The Hall–Kier alpha value is -1.03. The summed E-state index contributed by atoms with van der Waals surface area (Å²) in [6.45, 7) is 0.649. The van der Waals surface area contributed by atoms with Gasteiger partial charge in [0.15, 0.2) is 0 Å². The third-order valence-corrected chi connectivity index (χ3v) is 4.77. The van der Waals surface area contributed by atoms with Gasteiger partial charge in [0.25, 0.3) is 0 Å². The van der Waals surface area contributed by atoms with E-state index in [2.05, 4.69) is 35.6 Å². The zero-order valence-electron chi connectivity index (χ0n) is 10.8. The van der Waals surface area contributed by atoms with Crippen LogP contribution in [0.2, 0.25) is 4.34 Å². The Bertz CT molecular complexity index is 581. The third kappa shape index (κ3) is 2.78. The number of ether oxygens (including phenoxy) is 1. The normalized spacial score (nSPS) is 17.5. The molecule has 1 atom stereocenters. The number of methoxy groups -OCH3 is 1. The summed E-state index contributed by atoms with van der Waals surface area (Å²) in [4.78, 5) is 1.43. The van der Waals surface area contributed by atoms with Crippen LogP contribution in [0.25, 0.3) is 0 Å². The van der Waals surface area contributed by atoms with Gasteiger partial charge in [-0.05, 0) is 42.2 Å². The summed E-state index contributed by atoms with van der Waals surface area (Å²) in [6.07, 6.45) is 2.27. The fraction of sp³-hybridized carbons (Fsp3) is 0.333. The first-order valence-electron chi connectivity index (χ1n) is 6.39. The smallest absolute Gasteiger partial charge is 0.0934 e. The van der Waals surface area contributed by atoms with E-state index in [4.69, 9.17) is 16.3 Å². The molecule has 2 nitrogen and oxygen atoms in total. The molecule has 0 saturated heterocycles. The van der Waals surface area contributed by atoms with E-state index >= 15 is 0 Å². The lowest BCUT2D eigenvalue weighted by atomic mass is 10.1. The predicted octanol–water partition coefficient (Wildman–Crippen LogP) is 4.65. The second kappa shape index (κ2) is 5.53. The number of thiophene rings is 1. The van der Waals surface area contributed by atoms with Gasteiger partial charge < -0.3 is 10.1 Å². The van der Waals surface area contributed by atoms with Gasteiger partial charge in [-0.25, -0.2) is 0 Å². The molecule has 0 saturated carbocycles. The van der Waals surface area contributed by atoms with Crippen molar-refractivity contribution in [3.8, 4) is 0 Å². The van der Waals surface area contributed by atoms with Crippen molar-refractivity contribution in [1.29, 1.82) is 0 Å². The van der Waals surface area contributed by atoms with Gasteiger partial charge in [0.2, 0.25) is 0 Å². The highest BCUT2D eigenvalue weighted by atomic mass is 35.5. The number of aryl methyl sites for hydroxylation is 1. The fourth-order valence-corrected chi connectivity index (χ4v) is 3.96. The molecule has 0 radical (unpaired) electrons. The monoisotopic (exact) mass is 293 g/mol. The third-order valence-electron chi connectivity index (χ3n) is 3.43. The van der Waals surface area contributed by atoms with Crippen molar-refractivity contribution in [2.24, 2.45) is 0 Å². The summed E-state index contributed by atoms with van der Waals surface area (Å²) in [5.74, 6) is 0. The maximum absolute atomic E-state index is 6.09. The predicted molar refractivity (Wildman–Crippen MR) is 81.2 cm³/mol. The molecule has 1 aromatic carbocycles. The van der Waals surface area contributed by atoms with Crippen molar-refractivity contribution >= 4 is 28.6 Å². The Morgan fingerprint density at radius 3 is 3.16 bits per heavy atom. The zero-order valence-corrected chi connectivity index (χ0v) is 12.4. The maximum Gasteiger partial charge on any atom is 0.0934 e. The van der Waals surface area contributed by atoms with E-state index in [0.717, 1.165) is 22.9 Å². The van der Waals surface area contributed by atoms with E-state index < -0.39 is 0 Å². The van der Waals surface area contributed by atoms with Crippen LogP contribution in [0.4, 0.5) is 5.69 Å². The van der Waals surface area contributed by atoms with Gasteiger partial charge >= 0.3 is 0 Å². The lowest BCUT2D eigenvalue weighted by Gasteiger charge is -2.15. The molecule has 3 rings (SSSR count). The molecule has 1 aliphatic rings. The van der Waals surface area contributed by atoms with E-state index in [1.54, 1.807) is 18.4 Å². The van der Waals surface area contributed by atoms with E-state index in [0.29, 0.717) is 12.6 Å². The largest absolute Gasteiger partial charge is 0.380 e. The standard InChI is InChI=1S/C15H16ClNOS/c1-18-9-10-3-2-4-11(7-10)17-13-5-6-14-12(13)8-15(16)19-14/h2-4,7-8,13,17H,5-6,9H2,1H3. The van der Waals surface area contributed by atoms with E-state index in [1.807, 2.05) is 0 Å². The van der Waals surface area contributed by atoms with Crippen LogP contribution in [-0.4, -0.2) is 7.11 Å². The van der Waals surface area contributed by atoms with Crippen LogP contribution in [0.3, 0.4) is 0 Å². The molecule has 0 bridgehead atoms. The van der Waals surface area contributed by atoms with Crippen LogP contribution < -0.4 is 5.32 Å². The minimum Gasteiger partial charge on any atom is -0.380 e. The van der Waals surface area contributed by atoms with Gasteiger partial charge in [0.1, 0.15) is 0 Å². The molecule has 0 amide bonds. The Labute approximate surface area is 122 Å². The van der Waals surface area contributed by atoms with Crippen LogP contribution in [0.1, 0.15) is 28.5 Å². The number of rotatable bonds is 4. The number of halogens is 1. The van der Waals surface area contributed by atoms with Crippen molar-refractivity contribution < 1.29 is 4.74 Å². The van der Waals surface area contributed by atoms with Gasteiger partial charge in [-0.3, -0.25) is 0 Å². The van der Waals surface area contributed by atoms with Crippen LogP contribution >= 0.6 is 22.9 Å². The molecular formula is C15H16ClNOS. The number of fused-ring (bicyclic) bond motifs is 1. The molecule has 1 unspecified atom stereocenters. The average Bonchev–Trinajstić information content (AvgIpc) is 2.91. The first-order valence-corrected chi connectivity index (χ1v) is 7.58. The van der Waals surface area contributed by atoms with Crippen molar-refractivity contribution in [3.63, 3.8) is 0 Å². The summed E-state index contributed by atoms with van der Waals surface area (Å²) in [7, 11) is 1.72. The minimum absolute atomic E-state index is 0.386. The van der Waals surface area contributed by atoms with Gasteiger partial charge in [0.05, 0.1) is 17.0 Å². The molecule has 1 N–H and O–H groups in total. The van der Waals surface area contributed by atoms with Crippen LogP contribution in [-0.2, 0) is 17.8 Å². The number of hydrogen-bond donors (Lipinski definition) is 1. The number of benzene rings is 1. The second-order valence-corrected chi connectivity index (χ2v) is 6.57. The number of nitrogens with one attached hydrogen (secondary N) is 1. The molecule has 19 heavy (non-hydrogen) atoms. The lowest BCUT2D eigenvalue weighted by molar-refractivity contribution is 0.185. The summed E-state index contributed by atoms with van der Waals surface area (Å²) < 4.78 is 6.06. The fourth-order valence-electron chi connectivity index (χ4n) is 2.60. The SMILES string of the molecule is COCc1cccc(NC2CCc3sc(Cl)cc32)c1. The molecule has 1 aromatic heterocycles. The van der Waals surface area contributed by atoms with Gasteiger partial charge in [-0.15, -0.1) is 11.3 Å². The minimum atomic E-state index is 0.386. The lowest BCUT2D eigenvalue weighted by Crippen LogP contribution is -2.06. The van der Waals surface area contributed by atoms with E-state index in [9.17, 15) is 0 Å². The molecule has 0 spiro atoms. The maximum atomic E-state index is 6.09. The van der Waals surface area contributed by atoms with E-state index in [-0.39, 0.29) is 0 Å². The molecule has 2 aromatic rings. The van der Waals surface area contributed by atoms with Crippen LogP contribution in [0.15, 0.2) is 30.3 Å². The topological polar surface area (TPSA) is 21.3 Å². The molecule has 0 fully saturated rings. The molecule has 4 heteroatoms. The number of hydrogen-bond acceptors (Lipinski definition) is 3. The molecular weight excluding hydrogens is 278 g/mol. The van der Waals surface area contributed by atoms with Crippen molar-refractivity contribution in [1.82, 2.24) is 0 Å². The number of anilines is 1. The first kappa shape index (κ1) is 13.0. The molecule has 100 valence electrons. The Kier molecular flexibility index (Phi) is 3.78. The molecule has 0 aliphatic heterocycles. The van der Waals surface area contributed by atoms with Crippen LogP contribution in [0.5, 0.6) is 0 Å². The second-order valence-electron chi connectivity index (χ2n) is 4.80. The average molecular weight is 294 g/mol. The first-order chi connectivity index (χ1) is 9.26. The summed E-state index contributed by atoms with van der Waals surface area (Å²) in [6, 6.07) is 10.9. The summed E-state index contributed by atoms with van der Waals surface area (Å²) >= 11 is 7.80. The highest BCUT2D eigenvalue weighted by Gasteiger charge is 2.24. The highest BCUT2D eigenvalue weighted by molar-refractivity contribution is 7.16. The van der Waals surface area contributed by atoms with Crippen molar-refractivity contribution in [2.45, 2.75) is 25.5 Å². The Morgan fingerprint density at radius 2 is 2.32 bits per heavy atom. The van der Waals surface area contributed by atoms with Crippen molar-refractivity contribution in [2.75, 3.05) is 12.4 Å². The highest BCUT2D eigenvalue weighted by Crippen LogP contribution is 2.40. The van der Waals surface area contributed by atoms with Gasteiger partial charge in [-0.2, -0.15) is 0 Å². The zero-order chi connectivity index (χ0) is 13.2. The summed E-state index contributed by atoms with van der Waals surface area (Å²) in [5.41, 5.74) is 3.70. The van der Waals surface area contributed by atoms with Gasteiger partial charge in [0, 0.05) is 17.7 Å². The van der Waals surface area contributed by atoms with E-state index in [1.165, 1.54) is 16.0 Å². The van der Waals surface area contributed by atoms with Gasteiger partial charge in [-0.1, -0.05) is 23.7 Å². The van der Waals surface area contributed by atoms with Crippen LogP contribution in [0, 0.1) is 0 Å².